The number of primary amides is 1. The van der Waals surface area contributed by atoms with Gasteiger partial charge in [0.05, 0.1) is 5.52 Å². The minimum absolute atomic E-state index is 0.0258. The number of nitrogens with zero attached hydrogens (tertiary/aromatic N) is 1. The molecule has 4 nitrogen and oxygen atoms in total. The van der Waals surface area contributed by atoms with Gasteiger partial charge in [0.2, 0.25) is 5.43 Å². The van der Waals surface area contributed by atoms with Crippen molar-refractivity contribution in [3.8, 4) is 0 Å². The zero-order valence-corrected chi connectivity index (χ0v) is 9.82. The van der Waals surface area contributed by atoms with Crippen LogP contribution >= 0.6 is 0 Å². The molecule has 0 bridgehead atoms. The maximum Gasteiger partial charge on any atom is 0.254 e. The molecule has 1 amide bonds. The monoisotopic (exact) mass is 264 g/mol. The predicted molar refractivity (Wildman–Crippen MR) is 64.9 cm³/mol. The van der Waals surface area contributed by atoms with E-state index in [1.807, 2.05) is 0 Å². The summed E-state index contributed by atoms with van der Waals surface area (Å²) in [5, 5.41) is -0.0258. The SMILES string of the molecule is NC(=O)c1cn(C2CC2)c2cc(F)c(F)cc2c1=O. The van der Waals surface area contributed by atoms with Crippen molar-refractivity contribution < 1.29 is 13.6 Å². The Morgan fingerprint density at radius 2 is 1.89 bits per heavy atom. The van der Waals surface area contributed by atoms with E-state index in [1.165, 1.54) is 6.20 Å². The number of carbonyl (C=O) groups is 1. The number of halogens is 2. The molecule has 2 aromatic rings. The molecule has 1 aliphatic carbocycles. The van der Waals surface area contributed by atoms with Gasteiger partial charge in [-0.1, -0.05) is 0 Å². The molecule has 1 heterocycles. The molecule has 3 rings (SSSR count). The van der Waals surface area contributed by atoms with Crippen molar-refractivity contribution >= 4 is 16.8 Å². The molecule has 19 heavy (non-hydrogen) atoms. The smallest absolute Gasteiger partial charge is 0.254 e. The quantitative estimate of drug-likeness (QED) is 0.897. The number of nitrogens with two attached hydrogens (primary N) is 1. The number of fused-ring (bicyclic) bond motifs is 1. The van der Waals surface area contributed by atoms with E-state index in [4.69, 9.17) is 5.73 Å². The fourth-order valence-corrected chi connectivity index (χ4v) is 2.17. The van der Waals surface area contributed by atoms with Crippen molar-refractivity contribution in [3.05, 3.63) is 45.8 Å². The highest BCUT2D eigenvalue weighted by Crippen LogP contribution is 2.37. The molecule has 1 fully saturated rings. The normalized spacial score (nSPS) is 14.8. The van der Waals surface area contributed by atoms with E-state index >= 15 is 0 Å². The van der Waals surface area contributed by atoms with Gasteiger partial charge in [-0.3, -0.25) is 9.59 Å². The first-order chi connectivity index (χ1) is 8.99. The lowest BCUT2D eigenvalue weighted by Gasteiger charge is -2.11. The van der Waals surface area contributed by atoms with Gasteiger partial charge in [-0.25, -0.2) is 8.78 Å². The number of pyridine rings is 1. The molecule has 0 aliphatic heterocycles. The Labute approximate surface area is 106 Å². The summed E-state index contributed by atoms with van der Waals surface area (Å²) >= 11 is 0. The van der Waals surface area contributed by atoms with Crippen molar-refractivity contribution in [3.63, 3.8) is 0 Å². The highest BCUT2D eigenvalue weighted by molar-refractivity contribution is 5.96. The number of benzene rings is 1. The average Bonchev–Trinajstić information content (AvgIpc) is 3.16. The Morgan fingerprint density at radius 3 is 2.47 bits per heavy atom. The summed E-state index contributed by atoms with van der Waals surface area (Å²) in [6.07, 6.45) is 3.08. The van der Waals surface area contributed by atoms with E-state index in [-0.39, 0.29) is 22.5 Å². The number of amides is 1. The third kappa shape index (κ3) is 1.80. The number of rotatable bonds is 2. The van der Waals surface area contributed by atoms with Gasteiger partial charge in [0.1, 0.15) is 5.56 Å². The summed E-state index contributed by atoms with van der Waals surface area (Å²) in [7, 11) is 0. The molecular formula is C13H10F2N2O2. The molecule has 1 aromatic carbocycles. The van der Waals surface area contributed by atoms with Crippen LogP contribution in [-0.4, -0.2) is 10.5 Å². The van der Waals surface area contributed by atoms with Crippen molar-refractivity contribution in [2.24, 2.45) is 5.73 Å². The first kappa shape index (κ1) is 11.8. The Bertz CT molecular complexity index is 763. The third-order valence-electron chi connectivity index (χ3n) is 3.28. The van der Waals surface area contributed by atoms with E-state index in [2.05, 4.69) is 0 Å². The van der Waals surface area contributed by atoms with Gasteiger partial charge in [0, 0.05) is 23.7 Å². The number of hydrogen-bond donors (Lipinski definition) is 1. The minimum atomic E-state index is -1.12. The number of aromatic nitrogens is 1. The zero-order valence-electron chi connectivity index (χ0n) is 9.82. The Hall–Kier alpha value is -2.24. The molecule has 1 aliphatic rings. The molecule has 0 spiro atoms. The van der Waals surface area contributed by atoms with Crippen LogP contribution in [0.3, 0.4) is 0 Å². The van der Waals surface area contributed by atoms with E-state index < -0.39 is 23.0 Å². The lowest BCUT2D eigenvalue weighted by atomic mass is 10.1. The molecule has 1 aromatic heterocycles. The molecule has 0 saturated heterocycles. The molecule has 0 atom stereocenters. The Kier molecular flexibility index (Phi) is 2.41. The number of carbonyl (C=O) groups excluding carboxylic acids is 1. The second kappa shape index (κ2) is 3.88. The summed E-state index contributed by atoms with van der Waals surface area (Å²) in [6.45, 7) is 0. The van der Waals surface area contributed by atoms with E-state index in [0.717, 1.165) is 25.0 Å². The van der Waals surface area contributed by atoms with E-state index in [9.17, 15) is 18.4 Å². The van der Waals surface area contributed by atoms with E-state index in [1.54, 1.807) is 4.57 Å². The summed E-state index contributed by atoms with van der Waals surface area (Å²) in [5.74, 6) is -3.01. The third-order valence-corrected chi connectivity index (χ3v) is 3.28. The molecule has 1 saturated carbocycles. The fourth-order valence-electron chi connectivity index (χ4n) is 2.17. The summed E-state index contributed by atoms with van der Waals surface area (Å²) in [6, 6.07) is 1.90. The van der Waals surface area contributed by atoms with Crippen LogP contribution in [0.1, 0.15) is 29.2 Å². The van der Waals surface area contributed by atoms with Crippen molar-refractivity contribution in [1.82, 2.24) is 4.57 Å². The molecular weight excluding hydrogens is 254 g/mol. The molecule has 98 valence electrons. The van der Waals surface area contributed by atoms with E-state index in [0.29, 0.717) is 0 Å². The Morgan fingerprint density at radius 1 is 1.26 bits per heavy atom. The van der Waals surface area contributed by atoms with Gasteiger partial charge >= 0.3 is 0 Å². The van der Waals surface area contributed by atoms with Crippen molar-refractivity contribution in [2.45, 2.75) is 18.9 Å². The predicted octanol–water partition coefficient (Wildman–Crippen LogP) is 1.71. The lowest BCUT2D eigenvalue weighted by Crippen LogP contribution is -2.24. The summed E-state index contributed by atoms with van der Waals surface area (Å²) in [5.41, 5.74) is 4.56. The second-order valence-electron chi connectivity index (χ2n) is 4.66. The van der Waals surface area contributed by atoms with Crippen LogP contribution in [0.2, 0.25) is 0 Å². The highest BCUT2D eigenvalue weighted by atomic mass is 19.2. The van der Waals surface area contributed by atoms with Crippen LogP contribution in [0.5, 0.6) is 0 Å². The van der Waals surface area contributed by atoms with Gasteiger partial charge in [0.25, 0.3) is 5.91 Å². The standard InChI is InChI=1S/C13H10F2N2O2/c14-9-3-7-11(4-10(9)15)17(6-1-2-6)5-8(12(7)18)13(16)19/h3-6H,1-2H2,(H2,16,19). The molecule has 2 N–H and O–H groups in total. The van der Waals surface area contributed by atoms with Crippen LogP contribution in [0.25, 0.3) is 10.9 Å². The van der Waals surface area contributed by atoms with Crippen molar-refractivity contribution in [1.29, 1.82) is 0 Å². The minimum Gasteiger partial charge on any atom is -0.365 e. The van der Waals surface area contributed by atoms with Crippen LogP contribution in [0.4, 0.5) is 8.78 Å². The largest absolute Gasteiger partial charge is 0.365 e. The van der Waals surface area contributed by atoms with Crippen LogP contribution in [0, 0.1) is 11.6 Å². The fraction of sp³-hybridized carbons (Fsp3) is 0.231. The molecule has 6 heteroatoms. The van der Waals surface area contributed by atoms with Gasteiger partial charge in [-0.2, -0.15) is 0 Å². The van der Waals surface area contributed by atoms with Gasteiger partial charge in [-0.05, 0) is 18.9 Å². The van der Waals surface area contributed by atoms with Crippen LogP contribution in [-0.2, 0) is 0 Å². The Balaban J connectivity index is 2.45. The second-order valence-corrected chi connectivity index (χ2v) is 4.66. The van der Waals surface area contributed by atoms with Crippen LogP contribution < -0.4 is 11.2 Å². The highest BCUT2D eigenvalue weighted by Gasteiger charge is 2.27. The topological polar surface area (TPSA) is 65.1 Å². The van der Waals surface area contributed by atoms with Gasteiger partial charge in [-0.15, -0.1) is 0 Å². The summed E-state index contributed by atoms with van der Waals surface area (Å²) in [4.78, 5) is 23.3. The average molecular weight is 264 g/mol. The van der Waals surface area contributed by atoms with Gasteiger partial charge < -0.3 is 10.3 Å². The maximum atomic E-state index is 13.3. The van der Waals surface area contributed by atoms with Crippen molar-refractivity contribution in [2.75, 3.05) is 0 Å². The summed E-state index contributed by atoms with van der Waals surface area (Å²) < 4.78 is 28.2. The molecule has 0 radical (unpaired) electrons. The lowest BCUT2D eigenvalue weighted by molar-refractivity contribution is 0.0999. The van der Waals surface area contributed by atoms with Gasteiger partial charge in [0.15, 0.2) is 11.6 Å². The first-order valence-corrected chi connectivity index (χ1v) is 5.82. The first-order valence-electron chi connectivity index (χ1n) is 5.82. The maximum absolute atomic E-state index is 13.3. The zero-order chi connectivity index (χ0) is 13.7. The molecule has 0 unspecified atom stereocenters. The number of hydrogen-bond acceptors (Lipinski definition) is 2. The van der Waals surface area contributed by atoms with Crippen LogP contribution in [0.15, 0.2) is 23.1 Å².